The molecular weight excluding hydrogens is 347 g/mol. The third kappa shape index (κ3) is 4.50. The fourth-order valence-electron chi connectivity index (χ4n) is 2.75. The van der Waals surface area contributed by atoms with E-state index in [-0.39, 0.29) is 30.7 Å². The molecule has 1 aliphatic rings. The maximum absolute atomic E-state index is 12.4. The Labute approximate surface area is 155 Å². The molecule has 5 nitrogen and oxygen atoms in total. The van der Waals surface area contributed by atoms with E-state index in [2.05, 4.69) is 20.2 Å². The first kappa shape index (κ1) is 20.5. The third-order valence-electron chi connectivity index (χ3n) is 4.28. The van der Waals surface area contributed by atoms with Crippen molar-refractivity contribution in [1.82, 2.24) is 20.2 Å². The second kappa shape index (κ2) is 9.06. The van der Waals surface area contributed by atoms with Crippen molar-refractivity contribution in [2.24, 2.45) is 5.92 Å². The number of aryl methyl sites for hydroxylation is 1. The van der Waals surface area contributed by atoms with Crippen LogP contribution in [0, 0.1) is 19.8 Å². The van der Waals surface area contributed by atoms with E-state index in [0.717, 1.165) is 42.3 Å². The quantitative estimate of drug-likeness (QED) is 0.848. The predicted octanol–water partition coefficient (Wildman–Crippen LogP) is 2.34. The van der Waals surface area contributed by atoms with Gasteiger partial charge in [0.25, 0.3) is 5.91 Å². The van der Waals surface area contributed by atoms with Crippen molar-refractivity contribution in [1.29, 1.82) is 0 Å². The Hall–Kier alpha value is -1.56. The van der Waals surface area contributed by atoms with Crippen molar-refractivity contribution in [2.45, 2.75) is 20.4 Å². The Bertz CT molecular complexity index is 669. The minimum absolute atomic E-state index is 0. The number of nitrogens with zero attached hydrogens (tertiary/aromatic N) is 2. The molecule has 1 aliphatic heterocycles. The van der Waals surface area contributed by atoms with E-state index in [0.29, 0.717) is 12.5 Å². The van der Waals surface area contributed by atoms with Gasteiger partial charge in [-0.05, 0) is 32.0 Å². The molecule has 0 unspecified atom stereocenters. The van der Waals surface area contributed by atoms with Crippen LogP contribution in [0.4, 0.5) is 0 Å². The van der Waals surface area contributed by atoms with Crippen LogP contribution in [0.3, 0.4) is 0 Å². The number of rotatable bonds is 5. The molecule has 0 atom stereocenters. The van der Waals surface area contributed by atoms with Gasteiger partial charge in [-0.25, -0.2) is 0 Å². The molecule has 0 aromatic carbocycles. The van der Waals surface area contributed by atoms with Gasteiger partial charge in [0, 0.05) is 43.1 Å². The average Bonchev–Trinajstić information content (AvgIpc) is 2.75. The first-order valence-electron chi connectivity index (χ1n) is 7.70. The molecule has 0 saturated carbocycles. The van der Waals surface area contributed by atoms with Crippen LogP contribution in [0.1, 0.15) is 27.4 Å². The maximum atomic E-state index is 12.4. The highest BCUT2D eigenvalue weighted by molar-refractivity contribution is 5.95. The van der Waals surface area contributed by atoms with Crippen LogP contribution >= 0.6 is 24.8 Å². The lowest BCUT2D eigenvalue weighted by molar-refractivity contribution is 0.0941. The second-order valence-electron chi connectivity index (χ2n) is 5.93. The van der Waals surface area contributed by atoms with Crippen molar-refractivity contribution in [3.63, 3.8) is 0 Å². The largest absolute Gasteiger partial charge is 0.352 e. The first-order chi connectivity index (χ1) is 10.6. The van der Waals surface area contributed by atoms with Crippen LogP contribution in [-0.2, 0) is 6.54 Å². The number of pyridine rings is 1. The third-order valence-corrected chi connectivity index (χ3v) is 4.28. The number of hydrogen-bond acceptors (Lipinski definition) is 3. The van der Waals surface area contributed by atoms with E-state index < -0.39 is 0 Å². The van der Waals surface area contributed by atoms with Crippen molar-refractivity contribution >= 4 is 30.7 Å². The topological polar surface area (TPSA) is 59.0 Å². The molecule has 2 N–H and O–H groups in total. The minimum atomic E-state index is 0. The number of aromatic nitrogens is 2. The van der Waals surface area contributed by atoms with Crippen molar-refractivity contribution in [3.05, 3.63) is 53.1 Å². The zero-order valence-corrected chi connectivity index (χ0v) is 15.5. The molecule has 0 radical (unpaired) electrons. The van der Waals surface area contributed by atoms with E-state index in [1.165, 1.54) is 0 Å². The Balaban J connectivity index is 0.00000144. The molecule has 24 heavy (non-hydrogen) atoms. The molecule has 0 bridgehead atoms. The van der Waals surface area contributed by atoms with Crippen LogP contribution in [0.5, 0.6) is 0 Å². The Morgan fingerprint density at radius 3 is 2.67 bits per heavy atom. The van der Waals surface area contributed by atoms with Crippen LogP contribution in [-0.4, -0.2) is 35.1 Å². The summed E-state index contributed by atoms with van der Waals surface area (Å²) in [7, 11) is 0. The number of hydrogen-bond donors (Lipinski definition) is 2. The van der Waals surface area contributed by atoms with E-state index in [1.807, 2.05) is 38.1 Å². The van der Waals surface area contributed by atoms with E-state index >= 15 is 0 Å². The fraction of sp³-hybridized carbons (Fsp3) is 0.412. The minimum Gasteiger partial charge on any atom is -0.352 e. The van der Waals surface area contributed by atoms with Gasteiger partial charge in [0.2, 0.25) is 0 Å². The van der Waals surface area contributed by atoms with E-state index in [9.17, 15) is 4.79 Å². The monoisotopic (exact) mass is 370 g/mol. The zero-order valence-electron chi connectivity index (χ0n) is 13.9. The highest BCUT2D eigenvalue weighted by atomic mass is 35.5. The second-order valence-corrected chi connectivity index (χ2v) is 5.93. The maximum Gasteiger partial charge on any atom is 0.253 e. The van der Waals surface area contributed by atoms with Gasteiger partial charge < -0.3 is 15.2 Å². The number of halogens is 2. The lowest BCUT2D eigenvalue weighted by atomic mass is 10.0. The molecule has 7 heteroatoms. The summed E-state index contributed by atoms with van der Waals surface area (Å²) in [5.74, 6) is 0.591. The van der Waals surface area contributed by atoms with Gasteiger partial charge in [0.05, 0.1) is 17.8 Å². The van der Waals surface area contributed by atoms with Gasteiger partial charge in [0.15, 0.2) is 0 Å². The number of carbonyl (C=O) groups is 1. The zero-order chi connectivity index (χ0) is 15.5. The molecule has 3 rings (SSSR count). The van der Waals surface area contributed by atoms with Crippen molar-refractivity contribution < 1.29 is 4.79 Å². The number of nitrogens with one attached hydrogen (secondary N) is 2. The molecule has 1 amide bonds. The Morgan fingerprint density at radius 2 is 2.08 bits per heavy atom. The highest BCUT2D eigenvalue weighted by Gasteiger charge is 2.20. The summed E-state index contributed by atoms with van der Waals surface area (Å²) in [5, 5.41) is 6.25. The van der Waals surface area contributed by atoms with Gasteiger partial charge in [0.1, 0.15) is 0 Å². The molecule has 2 aromatic heterocycles. The van der Waals surface area contributed by atoms with Gasteiger partial charge in [-0.3, -0.25) is 9.78 Å². The average molecular weight is 371 g/mol. The molecular formula is C17H24Cl2N4O. The SMILES string of the molecule is Cc1cc(C(=O)NCC2CNC2)c(C)n1Cc1ccccn1.Cl.Cl. The predicted molar refractivity (Wildman–Crippen MR) is 100 cm³/mol. The molecule has 1 saturated heterocycles. The van der Waals surface area contributed by atoms with Crippen LogP contribution in [0.25, 0.3) is 0 Å². The van der Waals surface area contributed by atoms with E-state index in [1.54, 1.807) is 6.20 Å². The molecule has 132 valence electrons. The number of carbonyl (C=O) groups excluding carboxylic acids is 1. The lowest BCUT2D eigenvalue weighted by Gasteiger charge is -2.27. The summed E-state index contributed by atoms with van der Waals surface area (Å²) in [6.45, 7) is 7.46. The van der Waals surface area contributed by atoms with Gasteiger partial charge in [-0.1, -0.05) is 6.07 Å². The summed E-state index contributed by atoms with van der Waals surface area (Å²) in [6.07, 6.45) is 1.80. The summed E-state index contributed by atoms with van der Waals surface area (Å²) in [5.41, 5.74) is 3.84. The fourth-order valence-corrected chi connectivity index (χ4v) is 2.75. The van der Waals surface area contributed by atoms with Crippen LogP contribution in [0.2, 0.25) is 0 Å². The van der Waals surface area contributed by atoms with Gasteiger partial charge >= 0.3 is 0 Å². The van der Waals surface area contributed by atoms with Crippen molar-refractivity contribution in [2.75, 3.05) is 19.6 Å². The summed E-state index contributed by atoms with van der Waals surface area (Å²) in [6, 6.07) is 7.86. The summed E-state index contributed by atoms with van der Waals surface area (Å²) < 4.78 is 2.14. The number of amides is 1. The molecule has 1 fully saturated rings. The smallest absolute Gasteiger partial charge is 0.253 e. The summed E-state index contributed by atoms with van der Waals surface area (Å²) in [4.78, 5) is 16.7. The normalized spacial score (nSPS) is 13.4. The molecule has 2 aromatic rings. The van der Waals surface area contributed by atoms with Crippen LogP contribution < -0.4 is 10.6 Å². The Kier molecular flexibility index (Phi) is 7.73. The highest BCUT2D eigenvalue weighted by Crippen LogP contribution is 2.16. The standard InChI is InChI=1S/C17H22N4O.2ClH/c1-12-7-16(17(22)20-10-14-8-18-9-14)13(2)21(12)11-15-5-3-4-6-19-15;;/h3-7,14,18H,8-11H2,1-2H3,(H,20,22);2*1H. The molecule has 0 spiro atoms. The van der Waals surface area contributed by atoms with Crippen molar-refractivity contribution in [3.8, 4) is 0 Å². The Morgan fingerprint density at radius 1 is 1.33 bits per heavy atom. The lowest BCUT2D eigenvalue weighted by Crippen LogP contribution is -2.48. The van der Waals surface area contributed by atoms with Gasteiger partial charge in [-0.15, -0.1) is 24.8 Å². The van der Waals surface area contributed by atoms with E-state index in [4.69, 9.17) is 0 Å². The van der Waals surface area contributed by atoms with Gasteiger partial charge in [-0.2, -0.15) is 0 Å². The first-order valence-corrected chi connectivity index (χ1v) is 7.70. The summed E-state index contributed by atoms with van der Waals surface area (Å²) >= 11 is 0. The van der Waals surface area contributed by atoms with Crippen LogP contribution in [0.15, 0.2) is 30.5 Å². The molecule has 3 heterocycles. The molecule has 0 aliphatic carbocycles.